The first-order valence-electron chi connectivity index (χ1n) is 9.61. The van der Waals surface area contributed by atoms with Gasteiger partial charge < -0.3 is 9.84 Å². The zero-order valence-corrected chi connectivity index (χ0v) is 15.5. The average Bonchev–Trinajstić information content (AvgIpc) is 3.23. The van der Waals surface area contributed by atoms with Gasteiger partial charge in [0, 0.05) is 21.9 Å². The van der Waals surface area contributed by atoms with E-state index in [2.05, 4.69) is 6.92 Å². The molecule has 0 heterocycles. The number of phenols is 1. The predicted octanol–water partition coefficient (Wildman–Crippen LogP) is 5.68. The van der Waals surface area contributed by atoms with E-state index in [0.717, 1.165) is 40.3 Å². The van der Waals surface area contributed by atoms with Crippen molar-refractivity contribution in [1.29, 1.82) is 0 Å². The van der Waals surface area contributed by atoms with Crippen molar-refractivity contribution in [2.24, 2.45) is 5.92 Å². The number of carbonyl (C=O) groups excluding carboxylic acids is 1. The highest BCUT2D eigenvalue weighted by Gasteiger charge is 2.46. The molecule has 3 aromatic carbocycles. The number of ether oxygens (including phenoxy) is 1. The molecule has 3 nitrogen and oxygen atoms in total. The van der Waals surface area contributed by atoms with Gasteiger partial charge in [0.15, 0.2) is 0 Å². The Labute approximate surface area is 158 Å². The summed E-state index contributed by atoms with van der Waals surface area (Å²) in [4.78, 5) is 12.8. The lowest BCUT2D eigenvalue weighted by Gasteiger charge is -2.26. The van der Waals surface area contributed by atoms with Crippen LogP contribution in [0.1, 0.15) is 58.6 Å². The second kappa shape index (κ2) is 5.85. The second-order valence-electron chi connectivity index (χ2n) is 8.06. The zero-order valence-electron chi connectivity index (χ0n) is 15.5. The molecule has 0 aliphatic heterocycles. The highest BCUT2D eigenvalue weighted by molar-refractivity contribution is 6.00. The van der Waals surface area contributed by atoms with Crippen LogP contribution in [0.2, 0.25) is 0 Å². The third kappa shape index (κ3) is 2.38. The summed E-state index contributed by atoms with van der Waals surface area (Å²) in [6, 6.07) is 15.0. The summed E-state index contributed by atoms with van der Waals surface area (Å²) in [6.45, 7) is 4.27. The van der Waals surface area contributed by atoms with Gasteiger partial charge >= 0.3 is 5.97 Å². The summed E-state index contributed by atoms with van der Waals surface area (Å²) in [5.41, 5.74) is 3.68. The summed E-state index contributed by atoms with van der Waals surface area (Å²) in [5, 5.41) is 12.6. The van der Waals surface area contributed by atoms with Gasteiger partial charge in [0.25, 0.3) is 0 Å². The first-order valence-corrected chi connectivity index (χ1v) is 9.61. The first-order chi connectivity index (χ1) is 13.0. The minimum Gasteiger partial charge on any atom is -0.507 e. The van der Waals surface area contributed by atoms with Crippen LogP contribution in [0.4, 0.5) is 0 Å². The van der Waals surface area contributed by atoms with E-state index < -0.39 is 0 Å². The van der Waals surface area contributed by atoms with Crippen molar-refractivity contribution in [3.63, 3.8) is 0 Å². The Hall–Kier alpha value is -2.81. The van der Waals surface area contributed by atoms with Crippen molar-refractivity contribution in [2.75, 3.05) is 0 Å². The van der Waals surface area contributed by atoms with E-state index in [1.54, 1.807) is 12.1 Å². The summed E-state index contributed by atoms with van der Waals surface area (Å²) >= 11 is 0. The van der Waals surface area contributed by atoms with Crippen LogP contribution in [0.25, 0.3) is 10.8 Å². The van der Waals surface area contributed by atoms with Gasteiger partial charge in [-0.3, -0.25) is 0 Å². The molecule has 2 aliphatic carbocycles. The standard InChI is InChI=1S/C24H22O3/c1-13-8-9-17-19(10-13)23(27-24(26)15-6-4-3-5-7-15)20-16-11-14(2)18(12-16)21(20)22(17)25/h3-10,14,16,18,25H,11-12H2,1-2H3. The van der Waals surface area contributed by atoms with Gasteiger partial charge in [-0.2, -0.15) is 0 Å². The molecule has 2 bridgehead atoms. The monoisotopic (exact) mass is 358 g/mol. The SMILES string of the molecule is Cc1ccc2c(O)c3c(c(OC(=O)c4ccccc4)c2c1)C1CC(C)C3C1. The number of aromatic hydroxyl groups is 1. The molecule has 27 heavy (non-hydrogen) atoms. The highest BCUT2D eigenvalue weighted by Crippen LogP contribution is 2.62. The van der Waals surface area contributed by atoms with Crippen molar-refractivity contribution >= 4 is 16.7 Å². The van der Waals surface area contributed by atoms with Crippen LogP contribution in [0.3, 0.4) is 0 Å². The lowest BCUT2D eigenvalue weighted by Crippen LogP contribution is -2.14. The maximum atomic E-state index is 12.8. The largest absolute Gasteiger partial charge is 0.507 e. The molecule has 3 aromatic rings. The fourth-order valence-corrected chi connectivity index (χ4v) is 5.10. The number of esters is 1. The van der Waals surface area contributed by atoms with Crippen LogP contribution >= 0.6 is 0 Å². The Morgan fingerprint density at radius 1 is 1.04 bits per heavy atom. The van der Waals surface area contributed by atoms with E-state index in [9.17, 15) is 9.90 Å². The van der Waals surface area contributed by atoms with E-state index in [0.29, 0.717) is 34.8 Å². The molecule has 0 aromatic heterocycles. The minimum atomic E-state index is -0.345. The molecule has 2 aliphatic rings. The second-order valence-corrected chi connectivity index (χ2v) is 8.06. The Bertz CT molecular complexity index is 1070. The molecular formula is C24H22O3. The van der Waals surface area contributed by atoms with Crippen molar-refractivity contribution in [2.45, 2.75) is 38.5 Å². The molecular weight excluding hydrogens is 336 g/mol. The number of fused-ring (bicyclic) bond motifs is 6. The summed E-state index contributed by atoms with van der Waals surface area (Å²) in [7, 11) is 0. The number of benzene rings is 3. The third-order valence-corrected chi connectivity index (χ3v) is 6.33. The molecule has 3 heteroatoms. The summed E-state index contributed by atoms with van der Waals surface area (Å²) in [6.07, 6.45) is 2.12. The maximum Gasteiger partial charge on any atom is 0.343 e. The van der Waals surface area contributed by atoms with Crippen molar-refractivity contribution in [3.05, 3.63) is 70.8 Å². The van der Waals surface area contributed by atoms with Crippen molar-refractivity contribution in [1.82, 2.24) is 0 Å². The molecule has 1 fully saturated rings. The van der Waals surface area contributed by atoms with Crippen LogP contribution in [0, 0.1) is 12.8 Å². The van der Waals surface area contributed by atoms with Crippen molar-refractivity contribution in [3.8, 4) is 11.5 Å². The number of hydrogen-bond acceptors (Lipinski definition) is 3. The number of phenolic OH excluding ortho intramolecular Hbond substituents is 1. The zero-order chi connectivity index (χ0) is 18.7. The predicted molar refractivity (Wildman–Crippen MR) is 106 cm³/mol. The smallest absolute Gasteiger partial charge is 0.343 e. The molecule has 136 valence electrons. The van der Waals surface area contributed by atoms with E-state index in [4.69, 9.17) is 4.74 Å². The molecule has 0 radical (unpaired) electrons. The molecule has 3 unspecified atom stereocenters. The molecule has 3 atom stereocenters. The molecule has 0 amide bonds. The Morgan fingerprint density at radius 2 is 1.81 bits per heavy atom. The van der Waals surface area contributed by atoms with Crippen LogP contribution in [-0.4, -0.2) is 11.1 Å². The summed E-state index contributed by atoms with van der Waals surface area (Å²) < 4.78 is 6.00. The van der Waals surface area contributed by atoms with E-state index >= 15 is 0 Å². The molecule has 0 saturated heterocycles. The highest BCUT2D eigenvalue weighted by atomic mass is 16.5. The van der Waals surface area contributed by atoms with Crippen LogP contribution in [0.15, 0.2) is 48.5 Å². The van der Waals surface area contributed by atoms with Gasteiger partial charge in [0.1, 0.15) is 11.5 Å². The lowest BCUT2D eigenvalue weighted by molar-refractivity contribution is 0.0735. The topological polar surface area (TPSA) is 46.5 Å². The normalized spacial score (nSPS) is 22.8. The van der Waals surface area contributed by atoms with Gasteiger partial charge in [0.05, 0.1) is 5.56 Å². The Balaban J connectivity index is 1.74. The minimum absolute atomic E-state index is 0.345. The van der Waals surface area contributed by atoms with Gasteiger partial charge in [0.2, 0.25) is 0 Å². The molecule has 1 N–H and O–H groups in total. The summed E-state index contributed by atoms with van der Waals surface area (Å²) in [5.74, 6) is 1.93. The Morgan fingerprint density at radius 3 is 2.59 bits per heavy atom. The number of carbonyl (C=O) groups is 1. The number of aryl methyl sites for hydroxylation is 1. The fraction of sp³-hybridized carbons (Fsp3) is 0.292. The quantitative estimate of drug-likeness (QED) is 0.473. The van der Waals surface area contributed by atoms with Crippen LogP contribution < -0.4 is 4.74 Å². The first kappa shape index (κ1) is 16.4. The lowest BCUT2D eigenvalue weighted by atomic mass is 9.82. The number of hydrogen-bond donors (Lipinski definition) is 1. The average molecular weight is 358 g/mol. The molecule has 5 rings (SSSR count). The van der Waals surface area contributed by atoms with E-state index in [1.165, 1.54) is 0 Å². The third-order valence-electron chi connectivity index (χ3n) is 6.33. The van der Waals surface area contributed by atoms with Gasteiger partial charge in [-0.05, 0) is 55.7 Å². The maximum absolute atomic E-state index is 12.8. The van der Waals surface area contributed by atoms with E-state index in [1.807, 2.05) is 43.3 Å². The van der Waals surface area contributed by atoms with Gasteiger partial charge in [-0.15, -0.1) is 0 Å². The Kier molecular flexibility index (Phi) is 3.55. The van der Waals surface area contributed by atoms with Gasteiger partial charge in [-0.25, -0.2) is 4.79 Å². The van der Waals surface area contributed by atoms with Crippen LogP contribution in [-0.2, 0) is 0 Å². The fourth-order valence-electron chi connectivity index (χ4n) is 5.10. The molecule has 0 spiro atoms. The van der Waals surface area contributed by atoms with E-state index in [-0.39, 0.29) is 5.97 Å². The van der Waals surface area contributed by atoms with Crippen molar-refractivity contribution < 1.29 is 14.6 Å². The number of rotatable bonds is 2. The van der Waals surface area contributed by atoms with Crippen LogP contribution in [0.5, 0.6) is 11.5 Å². The molecule has 1 saturated carbocycles. The van der Waals surface area contributed by atoms with Gasteiger partial charge in [-0.1, -0.05) is 42.8 Å².